The molecule has 1 N–H and O–H groups in total. The smallest absolute Gasteiger partial charge is 0.328 e. The van der Waals surface area contributed by atoms with Crippen LogP contribution in [0.2, 0.25) is 0 Å². The van der Waals surface area contributed by atoms with E-state index in [4.69, 9.17) is 9.47 Å². The van der Waals surface area contributed by atoms with E-state index >= 15 is 0 Å². The van der Waals surface area contributed by atoms with Crippen molar-refractivity contribution >= 4 is 17.7 Å². The van der Waals surface area contributed by atoms with Crippen LogP contribution < -0.4 is 9.64 Å². The summed E-state index contributed by atoms with van der Waals surface area (Å²) >= 11 is 0. The molecule has 3 rings (SSSR count). The molecule has 5 heteroatoms. The van der Waals surface area contributed by atoms with Crippen LogP contribution in [0.3, 0.4) is 0 Å². The zero-order valence-corrected chi connectivity index (χ0v) is 19.8. The van der Waals surface area contributed by atoms with E-state index in [1.54, 1.807) is 6.08 Å². The van der Waals surface area contributed by atoms with Crippen LogP contribution in [0, 0.1) is 0 Å². The highest BCUT2D eigenvalue weighted by Gasteiger charge is 2.13. The van der Waals surface area contributed by atoms with E-state index in [0.717, 1.165) is 60.7 Å². The lowest BCUT2D eigenvalue weighted by Crippen LogP contribution is -2.27. The first-order valence-corrected chi connectivity index (χ1v) is 12.3. The molecular formula is C28H37NO4. The SMILES string of the molecule is CCCCOCCOc1ccc(-c2ccc(N3CCCCCCC3)c(C=CC(=O)O)c2)cc1. The van der Waals surface area contributed by atoms with Crippen molar-refractivity contribution in [3.05, 3.63) is 54.1 Å². The molecule has 5 nitrogen and oxygen atoms in total. The number of aliphatic carboxylic acids is 1. The highest BCUT2D eigenvalue weighted by molar-refractivity contribution is 5.88. The quantitative estimate of drug-likeness (QED) is 0.316. The Kier molecular flexibility index (Phi) is 10.3. The first-order valence-electron chi connectivity index (χ1n) is 12.3. The van der Waals surface area contributed by atoms with Crippen LogP contribution in [0.4, 0.5) is 5.69 Å². The van der Waals surface area contributed by atoms with Gasteiger partial charge in [-0.25, -0.2) is 4.79 Å². The molecule has 0 aliphatic carbocycles. The fraction of sp³-hybridized carbons (Fsp3) is 0.464. The number of carboxylic acid groups (broad SMARTS) is 1. The summed E-state index contributed by atoms with van der Waals surface area (Å²) in [6, 6.07) is 14.4. The predicted octanol–water partition coefficient (Wildman–Crippen LogP) is 6.42. The minimum absolute atomic E-state index is 0.539. The largest absolute Gasteiger partial charge is 0.491 e. The Balaban J connectivity index is 1.71. The summed E-state index contributed by atoms with van der Waals surface area (Å²) in [5.74, 6) is -0.111. The monoisotopic (exact) mass is 451 g/mol. The topological polar surface area (TPSA) is 59.0 Å². The van der Waals surface area contributed by atoms with Crippen molar-refractivity contribution < 1.29 is 19.4 Å². The van der Waals surface area contributed by atoms with Gasteiger partial charge in [-0.2, -0.15) is 0 Å². The first kappa shape index (κ1) is 24.8. The van der Waals surface area contributed by atoms with Gasteiger partial charge in [0, 0.05) is 31.5 Å². The molecule has 33 heavy (non-hydrogen) atoms. The number of hydrogen-bond acceptors (Lipinski definition) is 4. The van der Waals surface area contributed by atoms with Gasteiger partial charge in [0.1, 0.15) is 12.4 Å². The predicted molar refractivity (Wildman–Crippen MR) is 135 cm³/mol. The van der Waals surface area contributed by atoms with Crippen molar-refractivity contribution in [1.82, 2.24) is 0 Å². The Labute approximate surface area is 198 Å². The van der Waals surface area contributed by atoms with Crippen molar-refractivity contribution in [2.75, 3.05) is 37.8 Å². The third-order valence-electron chi connectivity index (χ3n) is 5.96. The van der Waals surface area contributed by atoms with Gasteiger partial charge in [0.2, 0.25) is 0 Å². The van der Waals surface area contributed by atoms with Crippen molar-refractivity contribution in [2.24, 2.45) is 0 Å². The Morgan fingerprint density at radius 3 is 2.33 bits per heavy atom. The fourth-order valence-electron chi connectivity index (χ4n) is 4.12. The molecule has 1 aliphatic heterocycles. The maximum absolute atomic E-state index is 11.2. The summed E-state index contributed by atoms with van der Waals surface area (Å²) in [6.07, 6.45) is 11.3. The van der Waals surface area contributed by atoms with E-state index in [-0.39, 0.29) is 0 Å². The minimum Gasteiger partial charge on any atom is -0.491 e. The molecule has 0 atom stereocenters. The summed E-state index contributed by atoms with van der Waals surface area (Å²) in [5.41, 5.74) is 4.19. The number of anilines is 1. The molecular weight excluding hydrogens is 414 g/mol. The maximum atomic E-state index is 11.2. The van der Waals surface area contributed by atoms with Gasteiger partial charge < -0.3 is 19.5 Å². The Morgan fingerprint density at radius 1 is 0.939 bits per heavy atom. The number of ether oxygens (including phenoxy) is 2. The minimum atomic E-state index is -0.931. The summed E-state index contributed by atoms with van der Waals surface area (Å²) in [6.45, 7) is 6.10. The molecule has 1 heterocycles. The number of carboxylic acids is 1. The zero-order chi connectivity index (χ0) is 23.3. The van der Waals surface area contributed by atoms with E-state index in [0.29, 0.717) is 13.2 Å². The van der Waals surface area contributed by atoms with Crippen molar-refractivity contribution in [3.8, 4) is 16.9 Å². The fourth-order valence-corrected chi connectivity index (χ4v) is 4.12. The van der Waals surface area contributed by atoms with Crippen LogP contribution in [-0.4, -0.2) is 44.0 Å². The first-order chi connectivity index (χ1) is 16.2. The lowest BCUT2D eigenvalue weighted by atomic mass is 9.99. The standard InChI is InChI=1S/C28H37NO4/c1-2-3-19-32-20-21-33-26-13-9-23(10-14-26)24-11-15-27(25(22-24)12-16-28(30)31)29-17-7-5-4-6-8-18-29/h9-16,22H,2-8,17-21H2,1H3,(H,30,31). The summed E-state index contributed by atoms with van der Waals surface area (Å²) in [4.78, 5) is 13.6. The molecule has 2 aromatic carbocycles. The Bertz CT molecular complexity index is 883. The van der Waals surface area contributed by atoms with Crippen LogP contribution in [-0.2, 0) is 9.53 Å². The van der Waals surface area contributed by atoms with Gasteiger partial charge >= 0.3 is 5.97 Å². The molecule has 0 spiro atoms. The van der Waals surface area contributed by atoms with E-state index in [1.807, 2.05) is 24.3 Å². The molecule has 0 aromatic heterocycles. The normalized spacial score (nSPS) is 14.8. The molecule has 178 valence electrons. The van der Waals surface area contributed by atoms with Crippen LogP contribution in [0.5, 0.6) is 5.75 Å². The third kappa shape index (κ3) is 8.25. The van der Waals surface area contributed by atoms with E-state index in [1.165, 1.54) is 38.2 Å². The highest BCUT2D eigenvalue weighted by Crippen LogP contribution is 2.31. The molecule has 0 saturated carbocycles. The Hall–Kier alpha value is -2.79. The number of nitrogens with zero attached hydrogens (tertiary/aromatic N) is 1. The van der Waals surface area contributed by atoms with Crippen molar-refractivity contribution in [2.45, 2.75) is 51.9 Å². The van der Waals surface area contributed by atoms with Crippen LogP contribution >= 0.6 is 0 Å². The van der Waals surface area contributed by atoms with E-state index in [9.17, 15) is 9.90 Å². The van der Waals surface area contributed by atoms with Gasteiger partial charge in [-0.15, -0.1) is 0 Å². The van der Waals surface area contributed by atoms with Gasteiger partial charge in [-0.3, -0.25) is 0 Å². The molecule has 0 amide bonds. The molecule has 2 aromatic rings. The van der Waals surface area contributed by atoms with Gasteiger partial charge in [-0.1, -0.05) is 50.8 Å². The second-order valence-electron chi connectivity index (χ2n) is 8.54. The third-order valence-corrected chi connectivity index (χ3v) is 5.96. The molecule has 0 radical (unpaired) electrons. The lowest BCUT2D eigenvalue weighted by molar-refractivity contribution is -0.131. The van der Waals surface area contributed by atoms with Crippen LogP contribution in [0.1, 0.15) is 57.4 Å². The van der Waals surface area contributed by atoms with Gasteiger partial charge in [-0.05, 0) is 66.3 Å². The number of hydrogen-bond donors (Lipinski definition) is 1. The molecule has 1 aliphatic rings. The van der Waals surface area contributed by atoms with Gasteiger partial charge in [0.25, 0.3) is 0 Å². The van der Waals surface area contributed by atoms with E-state index in [2.05, 4.69) is 30.0 Å². The average Bonchev–Trinajstić information content (AvgIpc) is 2.80. The number of unbranched alkanes of at least 4 members (excludes halogenated alkanes) is 1. The average molecular weight is 452 g/mol. The lowest BCUT2D eigenvalue weighted by Gasteiger charge is -2.28. The summed E-state index contributed by atoms with van der Waals surface area (Å²) in [5, 5.41) is 9.18. The van der Waals surface area contributed by atoms with Crippen molar-refractivity contribution in [3.63, 3.8) is 0 Å². The number of carbonyl (C=O) groups is 1. The molecule has 0 unspecified atom stereocenters. The highest BCUT2D eigenvalue weighted by atomic mass is 16.5. The maximum Gasteiger partial charge on any atom is 0.328 e. The van der Waals surface area contributed by atoms with Crippen LogP contribution in [0.15, 0.2) is 48.5 Å². The summed E-state index contributed by atoms with van der Waals surface area (Å²) in [7, 11) is 0. The molecule has 1 fully saturated rings. The Morgan fingerprint density at radius 2 is 1.64 bits per heavy atom. The zero-order valence-electron chi connectivity index (χ0n) is 19.8. The molecule has 0 bridgehead atoms. The second-order valence-corrected chi connectivity index (χ2v) is 8.54. The number of rotatable bonds is 11. The molecule has 1 saturated heterocycles. The van der Waals surface area contributed by atoms with E-state index < -0.39 is 5.97 Å². The van der Waals surface area contributed by atoms with Crippen molar-refractivity contribution in [1.29, 1.82) is 0 Å². The number of benzene rings is 2. The van der Waals surface area contributed by atoms with Crippen LogP contribution in [0.25, 0.3) is 17.2 Å². The second kappa shape index (κ2) is 13.7. The summed E-state index contributed by atoms with van der Waals surface area (Å²) < 4.78 is 11.3. The van der Waals surface area contributed by atoms with Gasteiger partial charge in [0.05, 0.1) is 6.61 Å². The van der Waals surface area contributed by atoms with Gasteiger partial charge in [0.15, 0.2) is 0 Å².